The van der Waals surface area contributed by atoms with Crippen LogP contribution < -0.4 is 5.32 Å². The Kier molecular flexibility index (Phi) is 3.14. The minimum absolute atomic E-state index is 0.0567. The van der Waals surface area contributed by atoms with Crippen LogP contribution in [0.4, 0.5) is 0 Å². The van der Waals surface area contributed by atoms with E-state index >= 15 is 0 Å². The number of ether oxygens (including phenoxy) is 1. The van der Waals surface area contributed by atoms with Crippen molar-refractivity contribution in [1.82, 2.24) is 5.32 Å². The lowest BCUT2D eigenvalue weighted by molar-refractivity contribution is -0.124. The molecule has 0 fully saturated rings. The first-order valence-electron chi connectivity index (χ1n) is 4.29. The molecule has 68 valence electrons. The second-order valence-corrected chi connectivity index (χ2v) is 3.26. The first kappa shape index (κ1) is 9.10. The Morgan fingerprint density at radius 2 is 2.42 bits per heavy atom. The van der Waals surface area contributed by atoms with Gasteiger partial charge < -0.3 is 10.1 Å². The Bertz CT molecular complexity index is 187. The molecule has 0 aliphatic carbocycles. The molecular weight excluding hydrogens is 154 g/mol. The van der Waals surface area contributed by atoms with E-state index in [9.17, 15) is 4.79 Å². The van der Waals surface area contributed by atoms with Crippen LogP contribution in [0.3, 0.4) is 0 Å². The molecule has 1 aliphatic rings. The third kappa shape index (κ3) is 2.57. The van der Waals surface area contributed by atoms with Crippen molar-refractivity contribution in [3.63, 3.8) is 0 Å². The minimum Gasteiger partial charge on any atom is -0.501 e. The van der Waals surface area contributed by atoms with Crippen LogP contribution in [0.25, 0.3) is 0 Å². The second kappa shape index (κ2) is 4.14. The number of rotatable bonds is 2. The van der Waals surface area contributed by atoms with Crippen molar-refractivity contribution in [3.8, 4) is 0 Å². The van der Waals surface area contributed by atoms with Crippen LogP contribution in [-0.2, 0) is 9.53 Å². The fraction of sp³-hybridized carbons (Fsp3) is 0.667. The third-order valence-corrected chi connectivity index (χ3v) is 1.81. The average molecular weight is 169 g/mol. The Morgan fingerprint density at radius 3 is 2.92 bits per heavy atom. The van der Waals surface area contributed by atoms with Crippen LogP contribution >= 0.6 is 0 Å². The van der Waals surface area contributed by atoms with Crippen molar-refractivity contribution >= 4 is 5.91 Å². The molecule has 1 aliphatic heterocycles. The third-order valence-electron chi connectivity index (χ3n) is 1.81. The van der Waals surface area contributed by atoms with Crippen LogP contribution in [0.5, 0.6) is 0 Å². The highest BCUT2D eigenvalue weighted by Gasteiger charge is 2.13. The molecule has 0 aromatic heterocycles. The maximum Gasteiger partial charge on any atom is 0.223 e. The zero-order valence-electron chi connectivity index (χ0n) is 7.54. The molecule has 1 unspecified atom stereocenters. The molecule has 12 heavy (non-hydrogen) atoms. The van der Waals surface area contributed by atoms with Gasteiger partial charge in [-0.2, -0.15) is 0 Å². The van der Waals surface area contributed by atoms with Crippen LogP contribution in [0, 0.1) is 5.92 Å². The number of carbonyl (C=O) groups excluding carboxylic acids is 1. The van der Waals surface area contributed by atoms with Gasteiger partial charge in [-0.25, -0.2) is 0 Å². The van der Waals surface area contributed by atoms with Crippen LogP contribution in [0.1, 0.15) is 20.3 Å². The van der Waals surface area contributed by atoms with Gasteiger partial charge in [0, 0.05) is 12.3 Å². The lowest BCUT2D eigenvalue weighted by Crippen LogP contribution is -2.37. The Morgan fingerprint density at radius 1 is 1.67 bits per heavy atom. The molecule has 1 heterocycles. The minimum atomic E-state index is 0.0567. The number of amides is 1. The number of hydrogen-bond acceptors (Lipinski definition) is 2. The van der Waals surface area contributed by atoms with E-state index in [1.807, 2.05) is 19.9 Å². The summed E-state index contributed by atoms with van der Waals surface area (Å²) in [5.41, 5.74) is 0. The molecule has 0 bridgehead atoms. The highest BCUT2D eigenvalue weighted by molar-refractivity contribution is 5.78. The Balaban J connectivity index is 2.35. The monoisotopic (exact) mass is 169 g/mol. The molecule has 1 rings (SSSR count). The van der Waals surface area contributed by atoms with E-state index < -0.39 is 0 Å². The van der Waals surface area contributed by atoms with Gasteiger partial charge >= 0.3 is 0 Å². The van der Waals surface area contributed by atoms with Crippen molar-refractivity contribution in [3.05, 3.63) is 12.3 Å². The normalized spacial score (nSPS) is 22.1. The van der Waals surface area contributed by atoms with Crippen molar-refractivity contribution in [2.24, 2.45) is 5.92 Å². The van der Waals surface area contributed by atoms with E-state index in [4.69, 9.17) is 4.74 Å². The molecule has 0 spiro atoms. The molecule has 1 N–H and O–H groups in total. The lowest BCUT2D eigenvalue weighted by atomic mass is 10.1. The molecule has 1 amide bonds. The Labute approximate surface area is 72.8 Å². The van der Waals surface area contributed by atoms with Gasteiger partial charge in [-0.05, 0) is 6.08 Å². The van der Waals surface area contributed by atoms with Crippen LogP contribution in [0.2, 0.25) is 0 Å². The molecule has 0 radical (unpaired) electrons. The van der Waals surface area contributed by atoms with E-state index in [0.29, 0.717) is 6.61 Å². The first-order valence-corrected chi connectivity index (χ1v) is 4.29. The van der Waals surface area contributed by atoms with Gasteiger partial charge in [-0.3, -0.25) is 4.79 Å². The summed E-state index contributed by atoms with van der Waals surface area (Å²) in [7, 11) is 0. The van der Waals surface area contributed by atoms with Gasteiger partial charge in [0.1, 0.15) is 0 Å². The smallest absolute Gasteiger partial charge is 0.223 e. The van der Waals surface area contributed by atoms with E-state index in [1.54, 1.807) is 6.26 Å². The number of hydrogen-bond donors (Lipinski definition) is 1. The van der Waals surface area contributed by atoms with Gasteiger partial charge in [0.2, 0.25) is 5.91 Å². The van der Waals surface area contributed by atoms with Gasteiger partial charge in [0.05, 0.1) is 18.9 Å². The molecule has 3 heteroatoms. The summed E-state index contributed by atoms with van der Waals surface area (Å²) in [6.45, 7) is 4.47. The SMILES string of the molecule is CC(C)C(=O)NC1C=COCC1. The fourth-order valence-electron chi connectivity index (χ4n) is 0.979. The predicted molar refractivity (Wildman–Crippen MR) is 46.5 cm³/mol. The largest absolute Gasteiger partial charge is 0.501 e. The van der Waals surface area contributed by atoms with E-state index in [-0.39, 0.29) is 17.9 Å². The topological polar surface area (TPSA) is 38.3 Å². The van der Waals surface area contributed by atoms with E-state index in [1.165, 1.54) is 0 Å². The highest BCUT2D eigenvalue weighted by Crippen LogP contribution is 2.03. The number of nitrogens with one attached hydrogen (secondary N) is 1. The van der Waals surface area contributed by atoms with Crippen molar-refractivity contribution < 1.29 is 9.53 Å². The van der Waals surface area contributed by atoms with Gasteiger partial charge in [0.25, 0.3) is 0 Å². The molecule has 0 saturated heterocycles. The lowest BCUT2D eigenvalue weighted by Gasteiger charge is -2.19. The summed E-state index contributed by atoms with van der Waals surface area (Å²) in [4.78, 5) is 11.2. The molecule has 3 nitrogen and oxygen atoms in total. The average Bonchev–Trinajstić information content (AvgIpc) is 2.06. The molecule has 1 atom stereocenters. The zero-order valence-corrected chi connectivity index (χ0v) is 7.54. The van der Waals surface area contributed by atoms with Gasteiger partial charge in [-0.15, -0.1) is 0 Å². The summed E-state index contributed by atoms with van der Waals surface area (Å²) >= 11 is 0. The van der Waals surface area contributed by atoms with Gasteiger partial charge in [0.15, 0.2) is 0 Å². The molecule has 0 saturated carbocycles. The summed E-state index contributed by atoms with van der Waals surface area (Å²) in [6.07, 6.45) is 4.40. The number of carbonyl (C=O) groups is 1. The first-order chi connectivity index (χ1) is 5.70. The van der Waals surface area contributed by atoms with E-state index in [0.717, 1.165) is 6.42 Å². The summed E-state index contributed by atoms with van der Waals surface area (Å²) in [6, 6.07) is 0.161. The second-order valence-electron chi connectivity index (χ2n) is 3.26. The summed E-state index contributed by atoms with van der Waals surface area (Å²) in [5.74, 6) is 0.160. The summed E-state index contributed by atoms with van der Waals surface area (Å²) < 4.78 is 5.01. The van der Waals surface area contributed by atoms with Crippen molar-refractivity contribution in [1.29, 1.82) is 0 Å². The molecule has 0 aromatic rings. The van der Waals surface area contributed by atoms with Crippen molar-refractivity contribution in [2.45, 2.75) is 26.3 Å². The van der Waals surface area contributed by atoms with E-state index in [2.05, 4.69) is 5.32 Å². The van der Waals surface area contributed by atoms with Gasteiger partial charge in [-0.1, -0.05) is 13.8 Å². The van der Waals surface area contributed by atoms with Crippen molar-refractivity contribution in [2.75, 3.05) is 6.61 Å². The maximum absolute atomic E-state index is 11.2. The zero-order chi connectivity index (χ0) is 8.97. The summed E-state index contributed by atoms with van der Waals surface area (Å²) in [5, 5.41) is 2.91. The standard InChI is InChI=1S/C9H15NO2/c1-7(2)9(11)10-8-3-5-12-6-4-8/h3,5,7-8H,4,6H2,1-2H3,(H,10,11). The highest BCUT2D eigenvalue weighted by atomic mass is 16.5. The maximum atomic E-state index is 11.2. The molecule has 0 aromatic carbocycles. The van der Waals surface area contributed by atoms with Crippen LogP contribution in [0.15, 0.2) is 12.3 Å². The Hall–Kier alpha value is -0.990. The quantitative estimate of drug-likeness (QED) is 0.671. The predicted octanol–water partition coefficient (Wildman–Crippen LogP) is 1.06. The van der Waals surface area contributed by atoms with Crippen LogP contribution in [-0.4, -0.2) is 18.6 Å². The molecular formula is C9H15NO2. The fourth-order valence-corrected chi connectivity index (χ4v) is 0.979.